The van der Waals surface area contributed by atoms with Crippen LogP contribution in [0.15, 0.2) is 59.0 Å². The predicted molar refractivity (Wildman–Crippen MR) is 137 cm³/mol. The average Bonchev–Trinajstić information content (AvgIpc) is 3.01. The third-order valence-corrected chi connectivity index (χ3v) is 8.92. The van der Waals surface area contributed by atoms with Gasteiger partial charge in [0.05, 0.1) is 13.7 Å². The van der Waals surface area contributed by atoms with Gasteiger partial charge >= 0.3 is 5.97 Å². The third-order valence-electron chi connectivity index (χ3n) is 5.99. The molecular weight excluding hydrogens is 428 g/mol. The first-order valence-electron chi connectivity index (χ1n) is 11.3. The van der Waals surface area contributed by atoms with E-state index in [0.29, 0.717) is 25.0 Å². The van der Waals surface area contributed by atoms with E-state index in [1.165, 1.54) is 0 Å². The van der Waals surface area contributed by atoms with Crippen molar-refractivity contribution in [2.75, 3.05) is 0 Å². The highest BCUT2D eigenvalue weighted by molar-refractivity contribution is 6.87. The van der Waals surface area contributed by atoms with Crippen LogP contribution in [0.4, 0.5) is 0 Å². The number of benzene rings is 2. The van der Waals surface area contributed by atoms with Crippen LogP contribution in [0.5, 0.6) is 0 Å². The fraction of sp³-hybridized carbons (Fsp3) is 0.370. The number of rotatable bonds is 3. The van der Waals surface area contributed by atoms with Crippen molar-refractivity contribution in [2.24, 2.45) is 0 Å². The van der Waals surface area contributed by atoms with Gasteiger partial charge in [0, 0.05) is 35.6 Å². The quantitative estimate of drug-likeness (QED) is 0.343. The summed E-state index contributed by atoms with van der Waals surface area (Å²) in [5, 5.41) is 14.8. The molecule has 0 aromatic heterocycles. The SMILES string of the molecule is C[Si](C)(C)C#CCC1(O)CC2=C([Si](C)(C)C)C(=O)OC2=C(c2ccc3ccccc3c2)C1. The zero-order valence-electron chi connectivity index (χ0n) is 19.9. The van der Waals surface area contributed by atoms with E-state index in [0.717, 1.165) is 32.7 Å². The van der Waals surface area contributed by atoms with Gasteiger partial charge in [-0.15, -0.1) is 11.5 Å². The minimum absolute atomic E-state index is 0.232. The first-order chi connectivity index (χ1) is 14.9. The van der Waals surface area contributed by atoms with Crippen molar-refractivity contribution in [2.45, 2.75) is 64.1 Å². The standard InChI is InChI=1S/C27H32O3Si2/c1-31(2,3)15-9-14-27(29)17-22(21-13-12-19-10-7-8-11-20(19)16-21)24-23(18-27)25(26(28)30-24)32(4,5)6/h7-8,10-13,16,29H,14,17-18H2,1-6H3. The van der Waals surface area contributed by atoms with Gasteiger partial charge in [-0.25, -0.2) is 4.79 Å². The Balaban J connectivity index is 1.87. The Morgan fingerprint density at radius 2 is 1.62 bits per heavy atom. The second kappa shape index (κ2) is 7.88. The van der Waals surface area contributed by atoms with Crippen molar-refractivity contribution in [3.05, 3.63) is 64.6 Å². The summed E-state index contributed by atoms with van der Waals surface area (Å²) in [6, 6.07) is 14.5. The molecule has 1 unspecified atom stereocenters. The van der Waals surface area contributed by atoms with Gasteiger partial charge in [-0.3, -0.25) is 0 Å². The molecule has 1 aliphatic heterocycles. The van der Waals surface area contributed by atoms with Gasteiger partial charge < -0.3 is 9.84 Å². The first-order valence-corrected chi connectivity index (χ1v) is 18.3. The van der Waals surface area contributed by atoms with E-state index < -0.39 is 21.7 Å². The maximum absolute atomic E-state index is 12.9. The number of allylic oxidation sites excluding steroid dienone is 1. The molecule has 1 aliphatic carbocycles. The molecule has 166 valence electrons. The summed E-state index contributed by atoms with van der Waals surface area (Å²) in [6.45, 7) is 13.1. The zero-order chi connectivity index (χ0) is 23.3. The lowest BCUT2D eigenvalue weighted by Gasteiger charge is -2.34. The van der Waals surface area contributed by atoms with Crippen LogP contribution in [0, 0.1) is 11.5 Å². The summed E-state index contributed by atoms with van der Waals surface area (Å²) >= 11 is 0. The van der Waals surface area contributed by atoms with Crippen molar-refractivity contribution in [3.8, 4) is 11.5 Å². The monoisotopic (exact) mass is 460 g/mol. The van der Waals surface area contributed by atoms with E-state index in [2.05, 4.69) is 81.1 Å². The molecule has 2 aromatic rings. The van der Waals surface area contributed by atoms with Crippen LogP contribution in [0.1, 0.15) is 24.8 Å². The summed E-state index contributed by atoms with van der Waals surface area (Å²) in [5.74, 6) is 3.72. The highest BCUT2D eigenvalue weighted by Gasteiger charge is 2.46. The van der Waals surface area contributed by atoms with Crippen LogP contribution in [0.3, 0.4) is 0 Å². The Kier molecular flexibility index (Phi) is 5.61. The van der Waals surface area contributed by atoms with Crippen LogP contribution in [0.2, 0.25) is 39.3 Å². The molecule has 1 N–H and O–H groups in total. The molecule has 1 heterocycles. The van der Waals surface area contributed by atoms with E-state index in [-0.39, 0.29) is 5.97 Å². The second-order valence-electron chi connectivity index (χ2n) is 11.2. The fourth-order valence-corrected chi connectivity index (χ4v) is 7.01. The molecule has 0 spiro atoms. The molecule has 0 bridgehead atoms. The van der Waals surface area contributed by atoms with E-state index >= 15 is 0 Å². The van der Waals surface area contributed by atoms with E-state index in [9.17, 15) is 9.90 Å². The summed E-state index contributed by atoms with van der Waals surface area (Å²) in [5.41, 5.74) is 5.20. The number of fused-ring (bicyclic) bond motifs is 2. The minimum atomic E-state index is -1.96. The van der Waals surface area contributed by atoms with Crippen molar-refractivity contribution >= 4 is 38.5 Å². The first kappa shape index (κ1) is 22.8. The lowest BCUT2D eigenvalue weighted by Crippen LogP contribution is -2.35. The summed E-state index contributed by atoms with van der Waals surface area (Å²) in [4.78, 5) is 12.9. The Morgan fingerprint density at radius 1 is 0.969 bits per heavy atom. The molecule has 1 atom stereocenters. The van der Waals surface area contributed by atoms with Gasteiger partial charge in [0.1, 0.15) is 13.8 Å². The van der Waals surface area contributed by atoms with Crippen LogP contribution in [0.25, 0.3) is 16.3 Å². The Hall–Kier alpha value is -2.40. The molecule has 0 saturated carbocycles. The number of esters is 1. The Morgan fingerprint density at radius 3 is 2.28 bits per heavy atom. The van der Waals surface area contributed by atoms with Gasteiger partial charge in [-0.2, -0.15) is 0 Å². The molecule has 32 heavy (non-hydrogen) atoms. The maximum atomic E-state index is 12.9. The number of carbonyl (C=O) groups excluding carboxylic acids is 1. The Bertz CT molecular complexity index is 1230. The van der Waals surface area contributed by atoms with Crippen LogP contribution >= 0.6 is 0 Å². The highest BCUT2D eigenvalue weighted by atomic mass is 28.3. The van der Waals surface area contributed by atoms with E-state index in [1.807, 2.05) is 12.1 Å². The lowest BCUT2D eigenvalue weighted by molar-refractivity contribution is -0.132. The zero-order valence-corrected chi connectivity index (χ0v) is 21.9. The summed E-state index contributed by atoms with van der Waals surface area (Å²) in [6.07, 6.45) is 1.25. The third kappa shape index (κ3) is 4.54. The van der Waals surface area contributed by atoms with Crippen LogP contribution < -0.4 is 0 Å². The molecule has 4 rings (SSSR count). The summed E-state index contributed by atoms with van der Waals surface area (Å²) in [7, 11) is -3.50. The number of carbonyl (C=O) groups is 1. The topological polar surface area (TPSA) is 46.5 Å². The molecule has 5 heteroatoms. The highest BCUT2D eigenvalue weighted by Crippen LogP contribution is 2.48. The van der Waals surface area contributed by atoms with Crippen molar-refractivity contribution in [1.82, 2.24) is 0 Å². The van der Waals surface area contributed by atoms with Gasteiger partial charge in [0.25, 0.3) is 0 Å². The number of hydrogen-bond acceptors (Lipinski definition) is 3. The molecule has 3 nitrogen and oxygen atoms in total. The van der Waals surface area contributed by atoms with Gasteiger partial charge in [-0.05, 0) is 22.4 Å². The molecule has 0 saturated heterocycles. The van der Waals surface area contributed by atoms with Crippen LogP contribution in [-0.4, -0.2) is 32.8 Å². The normalized spacial score (nSPS) is 21.4. The smallest absolute Gasteiger partial charge is 0.335 e. The largest absolute Gasteiger partial charge is 0.423 e. The molecule has 2 aliphatic rings. The van der Waals surface area contributed by atoms with Crippen LogP contribution in [-0.2, 0) is 9.53 Å². The maximum Gasteiger partial charge on any atom is 0.335 e. The van der Waals surface area contributed by atoms with Gasteiger partial charge in [0.15, 0.2) is 0 Å². The lowest BCUT2D eigenvalue weighted by atomic mass is 9.77. The number of ether oxygens (including phenoxy) is 1. The van der Waals surface area contributed by atoms with Crippen molar-refractivity contribution in [3.63, 3.8) is 0 Å². The molecular formula is C27H32O3Si2. The van der Waals surface area contributed by atoms with Gasteiger partial charge in [-0.1, -0.05) is 75.7 Å². The van der Waals surface area contributed by atoms with Crippen molar-refractivity contribution < 1.29 is 14.6 Å². The molecule has 0 radical (unpaired) electrons. The Labute approximate surface area is 193 Å². The second-order valence-corrected chi connectivity index (χ2v) is 20.9. The summed E-state index contributed by atoms with van der Waals surface area (Å²) < 4.78 is 5.90. The van der Waals surface area contributed by atoms with E-state index in [1.54, 1.807) is 0 Å². The fourth-order valence-electron chi connectivity index (χ4n) is 4.62. The molecule has 0 fully saturated rings. The van der Waals surface area contributed by atoms with Crippen molar-refractivity contribution in [1.29, 1.82) is 0 Å². The molecule has 2 aromatic carbocycles. The van der Waals surface area contributed by atoms with E-state index in [4.69, 9.17) is 4.74 Å². The van der Waals surface area contributed by atoms with Gasteiger partial charge in [0.2, 0.25) is 0 Å². The number of hydrogen-bond donors (Lipinski definition) is 1. The molecule has 0 amide bonds. The number of aliphatic hydroxyl groups is 1. The predicted octanol–water partition coefficient (Wildman–Crippen LogP) is 6.08. The average molecular weight is 461 g/mol. The minimum Gasteiger partial charge on any atom is -0.423 e.